The lowest BCUT2D eigenvalue weighted by atomic mass is 10.1. The molecule has 0 spiro atoms. The van der Waals surface area contributed by atoms with E-state index in [0.717, 1.165) is 5.56 Å². The lowest BCUT2D eigenvalue weighted by Crippen LogP contribution is -2.44. The van der Waals surface area contributed by atoms with Crippen molar-refractivity contribution in [3.05, 3.63) is 36.4 Å². The second-order valence-corrected chi connectivity index (χ2v) is 5.19. The molecule has 0 fully saturated rings. The van der Waals surface area contributed by atoms with E-state index in [2.05, 4.69) is 10.3 Å². The number of amides is 1. The summed E-state index contributed by atoms with van der Waals surface area (Å²) in [6, 6.07) is 5.89. The van der Waals surface area contributed by atoms with Gasteiger partial charge in [-0.15, -0.1) is 0 Å². The van der Waals surface area contributed by atoms with Gasteiger partial charge in [-0.2, -0.15) is 0 Å². The molecule has 0 radical (unpaired) electrons. The maximum atomic E-state index is 12.0. The van der Waals surface area contributed by atoms with E-state index in [1.54, 1.807) is 38.1 Å². The molecule has 0 bridgehead atoms. The van der Waals surface area contributed by atoms with Crippen LogP contribution in [0.25, 0.3) is 11.3 Å². The molecule has 0 saturated carbocycles. The van der Waals surface area contributed by atoms with Crippen LogP contribution in [-0.2, 0) is 4.79 Å². The third kappa shape index (κ3) is 3.43. The predicted octanol–water partition coefficient (Wildman–Crippen LogP) is 1.76. The van der Waals surface area contributed by atoms with Gasteiger partial charge >= 0.3 is 11.9 Å². The largest absolute Gasteiger partial charge is 0.480 e. The highest BCUT2D eigenvalue weighted by atomic mass is 16.4. The number of hydrogen-bond acceptors (Lipinski definition) is 5. The summed E-state index contributed by atoms with van der Waals surface area (Å²) in [5, 5.41) is 11.5. The van der Waals surface area contributed by atoms with Gasteiger partial charge in [0.1, 0.15) is 6.04 Å². The average molecular weight is 303 g/mol. The molecule has 22 heavy (non-hydrogen) atoms. The quantitative estimate of drug-likeness (QED) is 0.724. The Labute approximate surface area is 127 Å². The van der Waals surface area contributed by atoms with Crippen LogP contribution in [0.2, 0.25) is 0 Å². The number of aliphatic carboxylic acids is 1. The molecule has 2 aromatic rings. The molecular weight excluding hydrogens is 286 g/mol. The number of nitrogens with one attached hydrogen (secondary N) is 1. The normalized spacial score (nSPS) is 12.1. The van der Waals surface area contributed by atoms with Crippen molar-refractivity contribution in [3.63, 3.8) is 0 Å². The number of aromatic nitrogens is 1. The van der Waals surface area contributed by atoms with E-state index >= 15 is 0 Å². The zero-order valence-electron chi connectivity index (χ0n) is 12.2. The molecular formula is C15H17N3O4. The molecule has 0 aliphatic carbocycles. The summed E-state index contributed by atoms with van der Waals surface area (Å²) in [4.78, 5) is 27.0. The number of nitrogen functional groups attached to an aromatic ring is 1. The van der Waals surface area contributed by atoms with Crippen LogP contribution < -0.4 is 11.1 Å². The second-order valence-electron chi connectivity index (χ2n) is 5.19. The molecule has 1 atom stereocenters. The van der Waals surface area contributed by atoms with Crippen molar-refractivity contribution < 1.29 is 19.1 Å². The Morgan fingerprint density at radius 2 is 1.91 bits per heavy atom. The molecule has 0 saturated heterocycles. The Hall–Kier alpha value is -2.83. The molecule has 0 aliphatic rings. The summed E-state index contributed by atoms with van der Waals surface area (Å²) in [5.74, 6) is -1.80. The highest BCUT2D eigenvalue weighted by molar-refractivity contribution is 5.93. The van der Waals surface area contributed by atoms with Gasteiger partial charge in [-0.3, -0.25) is 4.79 Å². The van der Waals surface area contributed by atoms with Crippen molar-refractivity contribution in [2.45, 2.75) is 19.9 Å². The van der Waals surface area contributed by atoms with Gasteiger partial charge in [0.2, 0.25) is 0 Å². The molecule has 116 valence electrons. The first-order valence-electron chi connectivity index (χ1n) is 6.74. The van der Waals surface area contributed by atoms with E-state index in [4.69, 9.17) is 15.3 Å². The molecule has 0 aliphatic heterocycles. The number of rotatable bonds is 5. The molecule has 1 aromatic heterocycles. The van der Waals surface area contributed by atoms with Crippen molar-refractivity contribution in [3.8, 4) is 11.3 Å². The first-order chi connectivity index (χ1) is 10.4. The Morgan fingerprint density at radius 3 is 2.45 bits per heavy atom. The number of anilines is 1. The highest BCUT2D eigenvalue weighted by Gasteiger charge is 2.26. The van der Waals surface area contributed by atoms with Crippen LogP contribution in [0, 0.1) is 5.92 Å². The minimum absolute atomic E-state index is 0.182. The lowest BCUT2D eigenvalue weighted by molar-refractivity contribution is -0.140. The first kappa shape index (κ1) is 15.6. The van der Waals surface area contributed by atoms with Crippen molar-refractivity contribution in [1.82, 2.24) is 10.3 Å². The molecule has 1 amide bonds. The number of carboxylic acids is 1. The lowest BCUT2D eigenvalue weighted by Gasteiger charge is -2.16. The second kappa shape index (κ2) is 6.30. The number of benzene rings is 1. The van der Waals surface area contributed by atoms with Crippen LogP contribution in [0.3, 0.4) is 0 Å². The van der Waals surface area contributed by atoms with E-state index in [9.17, 15) is 9.59 Å². The van der Waals surface area contributed by atoms with Crippen LogP contribution in [0.4, 0.5) is 5.69 Å². The van der Waals surface area contributed by atoms with Gasteiger partial charge < -0.3 is 20.6 Å². The summed E-state index contributed by atoms with van der Waals surface area (Å²) in [5.41, 5.74) is 6.94. The van der Waals surface area contributed by atoms with Crippen molar-refractivity contribution in [2.24, 2.45) is 5.92 Å². The zero-order chi connectivity index (χ0) is 16.3. The fraction of sp³-hybridized carbons (Fsp3) is 0.267. The summed E-state index contributed by atoms with van der Waals surface area (Å²) >= 11 is 0. The van der Waals surface area contributed by atoms with Crippen LogP contribution in [0.15, 0.2) is 34.9 Å². The van der Waals surface area contributed by atoms with E-state index in [1.165, 1.54) is 6.20 Å². The molecule has 2 rings (SSSR count). The van der Waals surface area contributed by atoms with Crippen molar-refractivity contribution in [2.75, 3.05) is 5.73 Å². The minimum Gasteiger partial charge on any atom is -0.480 e. The average Bonchev–Trinajstić information content (AvgIpc) is 2.94. The Kier molecular flexibility index (Phi) is 4.45. The number of hydrogen-bond donors (Lipinski definition) is 3. The van der Waals surface area contributed by atoms with Gasteiger partial charge in [0, 0.05) is 11.3 Å². The Bertz CT molecular complexity index is 676. The minimum atomic E-state index is -1.10. The number of carbonyl (C=O) groups is 2. The Balaban J connectivity index is 2.15. The zero-order valence-corrected chi connectivity index (χ0v) is 12.2. The number of oxazole rings is 1. The molecule has 1 heterocycles. The number of carbonyl (C=O) groups excluding carboxylic acids is 1. The van der Waals surface area contributed by atoms with Crippen LogP contribution in [-0.4, -0.2) is 28.0 Å². The van der Waals surface area contributed by atoms with E-state index in [-0.39, 0.29) is 11.8 Å². The third-order valence-corrected chi connectivity index (χ3v) is 3.11. The molecule has 1 aromatic carbocycles. The van der Waals surface area contributed by atoms with Crippen LogP contribution in [0.1, 0.15) is 24.5 Å². The monoisotopic (exact) mass is 303 g/mol. The van der Waals surface area contributed by atoms with Crippen LogP contribution in [0.5, 0.6) is 0 Å². The van der Waals surface area contributed by atoms with Gasteiger partial charge in [0.25, 0.3) is 5.89 Å². The van der Waals surface area contributed by atoms with E-state index in [1.807, 2.05) is 0 Å². The van der Waals surface area contributed by atoms with Gasteiger partial charge in [0.15, 0.2) is 5.76 Å². The smallest absolute Gasteiger partial charge is 0.326 e. The van der Waals surface area contributed by atoms with E-state index in [0.29, 0.717) is 11.4 Å². The SMILES string of the molecule is CC(C)C(NC(=O)c1ncc(-c2ccc(N)cc2)o1)C(=O)O. The molecule has 7 heteroatoms. The van der Waals surface area contributed by atoms with E-state index < -0.39 is 17.9 Å². The maximum absolute atomic E-state index is 12.0. The van der Waals surface area contributed by atoms with Crippen molar-refractivity contribution in [1.29, 1.82) is 0 Å². The summed E-state index contributed by atoms with van der Waals surface area (Å²) in [6.07, 6.45) is 1.41. The molecule has 1 unspecified atom stereocenters. The fourth-order valence-electron chi connectivity index (χ4n) is 1.88. The van der Waals surface area contributed by atoms with Crippen molar-refractivity contribution >= 4 is 17.6 Å². The molecule has 7 nitrogen and oxygen atoms in total. The number of nitrogens with two attached hydrogens (primary N) is 1. The van der Waals surface area contributed by atoms with Gasteiger partial charge in [-0.25, -0.2) is 9.78 Å². The summed E-state index contributed by atoms with van der Waals surface area (Å²) in [7, 11) is 0. The Morgan fingerprint density at radius 1 is 1.27 bits per heavy atom. The van der Waals surface area contributed by atoms with Gasteiger partial charge in [0.05, 0.1) is 6.20 Å². The fourth-order valence-corrected chi connectivity index (χ4v) is 1.88. The number of carboxylic acid groups (broad SMARTS) is 1. The predicted molar refractivity (Wildman–Crippen MR) is 80.1 cm³/mol. The first-order valence-corrected chi connectivity index (χ1v) is 6.74. The maximum Gasteiger partial charge on any atom is 0.326 e. The standard InChI is InChI=1S/C15H17N3O4/c1-8(2)12(15(20)21)18-13(19)14-17-7-11(22-14)9-3-5-10(16)6-4-9/h3-8,12H,16H2,1-2H3,(H,18,19)(H,20,21). The number of nitrogens with zero attached hydrogens (tertiary/aromatic N) is 1. The topological polar surface area (TPSA) is 118 Å². The third-order valence-electron chi connectivity index (χ3n) is 3.11. The summed E-state index contributed by atoms with van der Waals surface area (Å²) < 4.78 is 5.37. The van der Waals surface area contributed by atoms with Gasteiger partial charge in [-0.05, 0) is 30.2 Å². The van der Waals surface area contributed by atoms with Gasteiger partial charge in [-0.1, -0.05) is 13.8 Å². The highest BCUT2D eigenvalue weighted by Crippen LogP contribution is 2.21. The van der Waals surface area contributed by atoms with Crippen LogP contribution >= 0.6 is 0 Å². The molecule has 4 N–H and O–H groups in total. The summed E-state index contributed by atoms with van der Waals surface area (Å²) in [6.45, 7) is 3.41.